The lowest BCUT2D eigenvalue weighted by Gasteiger charge is -2.53. The molecule has 9 heteroatoms. The third-order valence-electron chi connectivity index (χ3n) is 8.32. The Labute approximate surface area is 227 Å². The number of hydrogen-bond donors (Lipinski definition) is 2. The van der Waals surface area contributed by atoms with Crippen LogP contribution in [0.3, 0.4) is 0 Å². The maximum absolute atomic E-state index is 13.3. The van der Waals surface area contributed by atoms with Gasteiger partial charge >= 0.3 is 0 Å². The van der Waals surface area contributed by atoms with Crippen LogP contribution < -0.4 is 14.8 Å². The molecule has 2 N–H and O–H groups in total. The SMILES string of the molecule is COc1c(C)c(OC)c2c(c1O)[C@H](COCc1ccccc1)N[C@@H]1C(=O)N(CCO[Si](C)(C)C(C)(C)C)[C@H]21. The molecule has 0 radical (unpaired) electrons. The van der Waals surface area contributed by atoms with Gasteiger partial charge in [0.15, 0.2) is 19.8 Å². The molecule has 0 spiro atoms. The molecule has 208 valence electrons. The molecule has 1 amide bonds. The van der Waals surface area contributed by atoms with Crippen LogP contribution in [-0.4, -0.2) is 64.3 Å². The van der Waals surface area contributed by atoms with Crippen LogP contribution in [0.15, 0.2) is 30.3 Å². The van der Waals surface area contributed by atoms with E-state index in [0.717, 1.165) is 11.1 Å². The Bertz CT molecular complexity index is 1160. The number of likely N-dealkylation sites (tertiary alicyclic amines) is 1. The van der Waals surface area contributed by atoms with E-state index in [1.165, 1.54) is 7.11 Å². The second-order valence-electron chi connectivity index (χ2n) is 11.7. The van der Waals surface area contributed by atoms with Crippen molar-refractivity contribution in [1.82, 2.24) is 10.2 Å². The first-order chi connectivity index (χ1) is 17.9. The molecular weight excluding hydrogens is 500 g/mol. The summed E-state index contributed by atoms with van der Waals surface area (Å²) in [6.45, 7) is 14.5. The van der Waals surface area contributed by atoms with Crippen molar-refractivity contribution >= 4 is 14.2 Å². The van der Waals surface area contributed by atoms with Gasteiger partial charge in [0, 0.05) is 23.2 Å². The largest absolute Gasteiger partial charge is 0.504 e. The number of methoxy groups -OCH3 is 2. The molecule has 1 fully saturated rings. The molecule has 1 saturated heterocycles. The second kappa shape index (κ2) is 10.9. The quantitative estimate of drug-likeness (QED) is 0.328. The fraction of sp³-hybridized carbons (Fsp3) is 0.552. The number of aromatic hydroxyl groups is 1. The number of β-lactam (4-membered cyclic amide) rings is 1. The summed E-state index contributed by atoms with van der Waals surface area (Å²) in [4.78, 5) is 15.2. The van der Waals surface area contributed by atoms with Crippen molar-refractivity contribution < 1.29 is 28.5 Å². The normalized spacial score (nSPS) is 21.0. The average molecular weight is 543 g/mol. The van der Waals surface area contributed by atoms with Crippen LogP contribution in [0, 0.1) is 6.92 Å². The van der Waals surface area contributed by atoms with Crippen LogP contribution >= 0.6 is 0 Å². The number of carbonyl (C=O) groups is 1. The van der Waals surface area contributed by atoms with Crippen molar-refractivity contribution in [3.8, 4) is 17.2 Å². The fourth-order valence-electron chi connectivity index (χ4n) is 5.21. The van der Waals surface area contributed by atoms with Crippen LogP contribution in [0.4, 0.5) is 0 Å². The van der Waals surface area contributed by atoms with Gasteiger partial charge in [0.1, 0.15) is 11.8 Å². The average Bonchev–Trinajstić information content (AvgIpc) is 2.86. The highest BCUT2D eigenvalue weighted by Crippen LogP contribution is 2.54. The van der Waals surface area contributed by atoms with Gasteiger partial charge in [-0.25, -0.2) is 0 Å². The zero-order valence-electron chi connectivity index (χ0n) is 23.9. The molecule has 2 aromatic rings. The molecule has 2 aliphatic rings. The van der Waals surface area contributed by atoms with E-state index < -0.39 is 20.4 Å². The molecule has 0 saturated carbocycles. The Morgan fingerprint density at radius 1 is 1.05 bits per heavy atom. The van der Waals surface area contributed by atoms with Gasteiger partial charge < -0.3 is 28.6 Å². The van der Waals surface area contributed by atoms with Crippen LogP contribution in [0.25, 0.3) is 0 Å². The summed E-state index contributed by atoms with van der Waals surface area (Å²) in [6.07, 6.45) is 0. The number of phenolic OH excluding ortho intramolecular Hbond substituents is 1. The number of nitrogens with one attached hydrogen (secondary N) is 1. The number of nitrogens with zero attached hydrogens (tertiary/aromatic N) is 1. The Morgan fingerprint density at radius 2 is 1.71 bits per heavy atom. The molecular formula is C29H42N2O6Si. The molecule has 2 aromatic carbocycles. The van der Waals surface area contributed by atoms with Gasteiger partial charge in [0.2, 0.25) is 5.91 Å². The zero-order chi connectivity index (χ0) is 27.8. The fourth-order valence-corrected chi connectivity index (χ4v) is 6.25. The van der Waals surface area contributed by atoms with E-state index in [1.54, 1.807) is 7.11 Å². The lowest BCUT2D eigenvalue weighted by Crippen LogP contribution is -2.68. The number of hydrogen-bond acceptors (Lipinski definition) is 7. The van der Waals surface area contributed by atoms with Gasteiger partial charge in [-0.05, 0) is 30.6 Å². The van der Waals surface area contributed by atoms with E-state index in [4.69, 9.17) is 18.6 Å². The number of carbonyl (C=O) groups excluding carboxylic acids is 1. The van der Waals surface area contributed by atoms with Crippen molar-refractivity contribution in [2.24, 2.45) is 0 Å². The lowest BCUT2D eigenvalue weighted by molar-refractivity contribution is -0.154. The summed E-state index contributed by atoms with van der Waals surface area (Å²) in [6, 6.07) is 8.80. The minimum Gasteiger partial charge on any atom is -0.504 e. The first-order valence-corrected chi connectivity index (χ1v) is 16.1. The van der Waals surface area contributed by atoms with Crippen molar-refractivity contribution in [3.05, 3.63) is 52.6 Å². The standard InChI is InChI=1S/C29H42N2O6Si/c1-18-26(34-5)22-21(25(32)27(18)35-6)20(17-36-16-19-12-10-9-11-13-19)30-23-24(22)31(28(23)33)14-15-37-38(7,8)29(2,3)4/h9-13,20,23-24,30,32H,14-17H2,1-8H3/t20-,23-,24+/m0/s1. The number of benzene rings is 2. The minimum absolute atomic E-state index is 0.0163. The number of phenols is 1. The van der Waals surface area contributed by atoms with Crippen molar-refractivity contribution in [2.75, 3.05) is 34.0 Å². The predicted molar refractivity (Wildman–Crippen MR) is 149 cm³/mol. The van der Waals surface area contributed by atoms with Crippen molar-refractivity contribution in [2.45, 2.75) is 70.6 Å². The Morgan fingerprint density at radius 3 is 2.32 bits per heavy atom. The topological polar surface area (TPSA) is 89.5 Å². The van der Waals surface area contributed by atoms with E-state index in [2.05, 4.69) is 39.2 Å². The summed E-state index contributed by atoms with van der Waals surface area (Å²) in [5.41, 5.74) is 3.22. The van der Waals surface area contributed by atoms with Gasteiger partial charge in [0.25, 0.3) is 0 Å². The molecule has 2 aliphatic heterocycles. The zero-order valence-corrected chi connectivity index (χ0v) is 24.9. The summed E-state index contributed by atoms with van der Waals surface area (Å²) in [7, 11) is 1.20. The minimum atomic E-state index is -1.95. The first-order valence-electron chi connectivity index (χ1n) is 13.2. The predicted octanol–water partition coefficient (Wildman–Crippen LogP) is 4.85. The smallest absolute Gasteiger partial charge is 0.242 e. The van der Waals surface area contributed by atoms with E-state index in [-0.39, 0.29) is 29.3 Å². The van der Waals surface area contributed by atoms with Crippen LogP contribution in [0.5, 0.6) is 17.2 Å². The maximum atomic E-state index is 13.3. The van der Waals surface area contributed by atoms with Crippen LogP contribution in [-0.2, 0) is 20.6 Å². The maximum Gasteiger partial charge on any atom is 0.242 e. The molecule has 0 bridgehead atoms. The molecule has 3 atom stereocenters. The number of fused-ring (bicyclic) bond motifs is 3. The Kier molecular flexibility index (Phi) is 8.14. The Balaban J connectivity index is 1.63. The number of amides is 1. The van der Waals surface area contributed by atoms with E-state index in [1.807, 2.05) is 42.2 Å². The second-order valence-corrected chi connectivity index (χ2v) is 16.5. The molecule has 4 rings (SSSR count). The molecule has 0 aromatic heterocycles. The molecule has 0 unspecified atom stereocenters. The summed E-state index contributed by atoms with van der Waals surface area (Å²) in [5.74, 6) is 1.06. The summed E-state index contributed by atoms with van der Waals surface area (Å²) >= 11 is 0. The first kappa shape index (κ1) is 28.4. The van der Waals surface area contributed by atoms with E-state index in [0.29, 0.717) is 42.4 Å². The molecule has 38 heavy (non-hydrogen) atoms. The number of ether oxygens (including phenoxy) is 3. The van der Waals surface area contributed by atoms with Crippen molar-refractivity contribution in [3.63, 3.8) is 0 Å². The summed E-state index contributed by atoms with van der Waals surface area (Å²) in [5, 5.41) is 14.9. The van der Waals surface area contributed by atoms with Crippen molar-refractivity contribution in [1.29, 1.82) is 0 Å². The van der Waals surface area contributed by atoms with Crippen LogP contribution in [0.2, 0.25) is 18.1 Å². The summed E-state index contributed by atoms with van der Waals surface area (Å²) < 4.78 is 23.9. The molecule has 2 heterocycles. The monoisotopic (exact) mass is 542 g/mol. The highest BCUT2D eigenvalue weighted by atomic mass is 28.4. The molecule has 0 aliphatic carbocycles. The highest BCUT2D eigenvalue weighted by molar-refractivity contribution is 6.74. The Hall–Kier alpha value is -2.59. The van der Waals surface area contributed by atoms with Gasteiger partial charge in [-0.15, -0.1) is 0 Å². The third-order valence-corrected chi connectivity index (χ3v) is 12.9. The van der Waals surface area contributed by atoms with E-state index in [9.17, 15) is 9.90 Å². The van der Waals surface area contributed by atoms with E-state index >= 15 is 0 Å². The lowest BCUT2D eigenvalue weighted by atomic mass is 9.77. The van der Waals surface area contributed by atoms with Crippen LogP contribution in [0.1, 0.15) is 55.1 Å². The number of rotatable bonds is 10. The van der Waals surface area contributed by atoms with Gasteiger partial charge in [0.05, 0.1) is 46.1 Å². The van der Waals surface area contributed by atoms with Gasteiger partial charge in [-0.1, -0.05) is 51.1 Å². The van der Waals surface area contributed by atoms with Gasteiger partial charge in [-0.3, -0.25) is 10.1 Å². The third kappa shape index (κ3) is 5.04. The van der Waals surface area contributed by atoms with Gasteiger partial charge in [-0.2, -0.15) is 0 Å². The highest BCUT2D eigenvalue weighted by Gasteiger charge is 2.55. The molecule has 8 nitrogen and oxygen atoms in total.